The van der Waals surface area contributed by atoms with Crippen LogP contribution in [0.3, 0.4) is 0 Å². The molecule has 1 saturated heterocycles. The van der Waals surface area contributed by atoms with Gasteiger partial charge in [-0.1, -0.05) is 6.07 Å². The zero-order valence-corrected chi connectivity index (χ0v) is 19.0. The molecular weight excluding hydrogens is 404 g/mol. The largest absolute Gasteiger partial charge is 0.379 e. The molecule has 1 saturated carbocycles. The molecule has 0 atom stereocenters. The lowest BCUT2D eigenvalue weighted by Gasteiger charge is -2.37. The van der Waals surface area contributed by atoms with E-state index in [1.165, 1.54) is 0 Å². The SMILES string of the molecule is COC1(C)CCC(C(=O)N2Cc3cccnc3Nc3ccc(N4CCOCC4)cc32)CC1. The lowest BCUT2D eigenvalue weighted by molar-refractivity contribution is -0.125. The maximum absolute atomic E-state index is 13.9. The Bertz CT molecular complexity index is 981. The average Bonchev–Trinajstić information content (AvgIpc) is 3.01. The molecule has 2 aliphatic heterocycles. The Kier molecular flexibility index (Phi) is 5.78. The second-order valence-electron chi connectivity index (χ2n) is 9.29. The summed E-state index contributed by atoms with van der Waals surface area (Å²) in [5.41, 5.74) is 3.89. The van der Waals surface area contributed by atoms with Crippen LogP contribution in [0.4, 0.5) is 22.9 Å². The lowest BCUT2D eigenvalue weighted by atomic mass is 9.79. The van der Waals surface area contributed by atoms with E-state index in [4.69, 9.17) is 9.47 Å². The highest BCUT2D eigenvalue weighted by Gasteiger charge is 2.37. The lowest BCUT2D eigenvalue weighted by Crippen LogP contribution is -2.41. The molecule has 7 heteroatoms. The molecule has 7 nitrogen and oxygen atoms in total. The number of morpholine rings is 1. The van der Waals surface area contributed by atoms with Crippen molar-refractivity contribution in [2.75, 3.05) is 48.5 Å². The summed E-state index contributed by atoms with van der Waals surface area (Å²) >= 11 is 0. The number of nitrogens with one attached hydrogen (secondary N) is 1. The van der Waals surface area contributed by atoms with Crippen LogP contribution in [-0.4, -0.2) is 49.9 Å². The molecular formula is C25H32N4O3. The van der Waals surface area contributed by atoms with Crippen LogP contribution in [0.15, 0.2) is 36.5 Å². The van der Waals surface area contributed by atoms with Gasteiger partial charge in [-0.2, -0.15) is 0 Å². The summed E-state index contributed by atoms with van der Waals surface area (Å²) in [5, 5.41) is 3.47. The van der Waals surface area contributed by atoms with Crippen LogP contribution < -0.4 is 15.1 Å². The maximum Gasteiger partial charge on any atom is 0.230 e. The van der Waals surface area contributed by atoms with Crippen molar-refractivity contribution in [3.8, 4) is 0 Å². The number of carbonyl (C=O) groups is 1. The average molecular weight is 437 g/mol. The molecule has 3 aliphatic rings. The van der Waals surface area contributed by atoms with Crippen molar-refractivity contribution in [1.82, 2.24) is 4.98 Å². The minimum atomic E-state index is -0.116. The topological polar surface area (TPSA) is 66.9 Å². The molecule has 32 heavy (non-hydrogen) atoms. The van der Waals surface area contributed by atoms with Gasteiger partial charge in [-0.05, 0) is 56.9 Å². The van der Waals surface area contributed by atoms with Crippen molar-refractivity contribution in [2.24, 2.45) is 5.92 Å². The number of hydrogen-bond donors (Lipinski definition) is 1. The molecule has 1 aromatic carbocycles. The number of fused-ring (bicyclic) bond motifs is 2. The summed E-state index contributed by atoms with van der Waals surface area (Å²) in [6.45, 7) is 5.85. The van der Waals surface area contributed by atoms with Gasteiger partial charge in [-0.15, -0.1) is 0 Å². The molecule has 5 rings (SSSR count). The van der Waals surface area contributed by atoms with Crippen molar-refractivity contribution in [2.45, 2.75) is 44.8 Å². The number of methoxy groups -OCH3 is 1. The molecule has 0 unspecified atom stereocenters. The van der Waals surface area contributed by atoms with Gasteiger partial charge in [0.25, 0.3) is 0 Å². The summed E-state index contributed by atoms with van der Waals surface area (Å²) in [6, 6.07) is 10.3. The highest BCUT2D eigenvalue weighted by atomic mass is 16.5. The highest BCUT2D eigenvalue weighted by molar-refractivity contribution is 6.00. The number of pyridine rings is 1. The monoisotopic (exact) mass is 436 g/mol. The fourth-order valence-electron chi connectivity index (χ4n) is 5.03. The number of anilines is 4. The van der Waals surface area contributed by atoms with Crippen molar-refractivity contribution < 1.29 is 14.3 Å². The van der Waals surface area contributed by atoms with Gasteiger partial charge in [0.2, 0.25) is 5.91 Å². The van der Waals surface area contributed by atoms with Crippen LogP contribution in [0.2, 0.25) is 0 Å². The number of ether oxygens (including phenoxy) is 2. The van der Waals surface area contributed by atoms with Crippen molar-refractivity contribution >= 4 is 28.8 Å². The van der Waals surface area contributed by atoms with Gasteiger partial charge in [0.1, 0.15) is 5.82 Å². The van der Waals surface area contributed by atoms with E-state index in [-0.39, 0.29) is 17.4 Å². The second kappa shape index (κ2) is 8.71. The zero-order valence-electron chi connectivity index (χ0n) is 19.0. The molecule has 0 bridgehead atoms. The van der Waals surface area contributed by atoms with Gasteiger partial charge in [-0.3, -0.25) is 4.79 Å². The summed E-state index contributed by atoms with van der Waals surface area (Å²) in [6.07, 6.45) is 5.31. The van der Waals surface area contributed by atoms with Gasteiger partial charge in [0.15, 0.2) is 0 Å². The molecule has 1 aromatic heterocycles. The van der Waals surface area contributed by atoms with E-state index < -0.39 is 0 Å². The third kappa shape index (κ3) is 4.07. The maximum atomic E-state index is 13.9. The Labute approximate surface area is 189 Å². The summed E-state index contributed by atoms with van der Waals surface area (Å²) in [7, 11) is 1.77. The van der Waals surface area contributed by atoms with Gasteiger partial charge >= 0.3 is 0 Å². The van der Waals surface area contributed by atoms with Crippen LogP contribution in [0, 0.1) is 5.92 Å². The Hall–Kier alpha value is -2.64. The van der Waals surface area contributed by atoms with Gasteiger partial charge in [-0.25, -0.2) is 4.98 Å². The first-order valence-corrected chi connectivity index (χ1v) is 11.6. The fourth-order valence-corrected chi connectivity index (χ4v) is 5.03. The van der Waals surface area contributed by atoms with E-state index in [1.807, 2.05) is 17.0 Å². The molecule has 2 fully saturated rings. The van der Waals surface area contributed by atoms with Crippen LogP contribution >= 0.6 is 0 Å². The number of hydrogen-bond acceptors (Lipinski definition) is 6. The molecule has 1 amide bonds. The van der Waals surface area contributed by atoms with E-state index in [0.717, 1.165) is 80.4 Å². The van der Waals surface area contributed by atoms with Crippen molar-refractivity contribution in [3.05, 3.63) is 42.1 Å². The standard InChI is InChI=1S/C25H32N4O3/c1-25(31-2)9-7-18(8-10-25)24(30)29-17-19-4-3-11-26-23(19)27-21-6-5-20(16-22(21)29)28-12-14-32-15-13-28/h3-6,11,16,18H,7-10,12-15,17H2,1-2H3,(H,26,27). The van der Waals surface area contributed by atoms with E-state index >= 15 is 0 Å². The quantitative estimate of drug-likeness (QED) is 0.781. The van der Waals surface area contributed by atoms with Crippen molar-refractivity contribution in [1.29, 1.82) is 0 Å². The van der Waals surface area contributed by atoms with Gasteiger partial charge < -0.3 is 24.6 Å². The number of amides is 1. The Morgan fingerprint density at radius 3 is 2.75 bits per heavy atom. The summed E-state index contributed by atoms with van der Waals surface area (Å²) in [5.74, 6) is 1.03. The minimum Gasteiger partial charge on any atom is -0.379 e. The fraction of sp³-hybridized carbons (Fsp3) is 0.520. The number of carbonyl (C=O) groups excluding carboxylic acids is 1. The van der Waals surface area contributed by atoms with Crippen LogP contribution in [0.5, 0.6) is 0 Å². The number of aromatic nitrogens is 1. The molecule has 170 valence electrons. The third-order valence-electron chi connectivity index (χ3n) is 7.27. The first-order valence-electron chi connectivity index (χ1n) is 11.6. The smallest absolute Gasteiger partial charge is 0.230 e. The second-order valence-corrected chi connectivity index (χ2v) is 9.29. The van der Waals surface area contributed by atoms with E-state index in [9.17, 15) is 4.79 Å². The van der Waals surface area contributed by atoms with E-state index in [2.05, 4.69) is 40.3 Å². The van der Waals surface area contributed by atoms with Crippen LogP contribution in [0.25, 0.3) is 0 Å². The molecule has 1 aliphatic carbocycles. The van der Waals surface area contributed by atoms with Crippen LogP contribution in [0.1, 0.15) is 38.2 Å². The first-order chi connectivity index (χ1) is 15.6. The molecule has 1 N–H and O–H groups in total. The number of rotatable bonds is 3. The Balaban J connectivity index is 1.48. The highest BCUT2D eigenvalue weighted by Crippen LogP contribution is 2.41. The van der Waals surface area contributed by atoms with Gasteiger partial charge in [0.05, 0.1) is 36.7 Å². The molecule has 0 radical (unpaired) electrons. The normalized spacial score (nSPS) is 25.4. The predicted molar refractivity (Wildman–Crippen MR) is 126 cm³/mol. The van der Waals surface area contributed by atoms with Crippen LogP contribution in [-0.2, 0) is 20.8 Å². The van der Waals surface area contributed by atoms with E-state index in [1.54, 1.807) is 13.3 Å². The zero-order chi connectivity index (χ0) is 22.1. The molecule has 2 aromatic rings. The number of nitrogens with zero attached hydrogens (tertiary/aromatic N) is 3. The summed E-state index contributed by atoms with van der Waals surface area (Å²) < 4.78 is 11.2. The van der Waals surface area contributed by atoms with Gasteiger partial charge in [0, 0.05) is 43.6 Å². The van der Waals surface area contributed by atoms with Crippen molar-refractivity contribution in [3.63, 3.8) is 0 Å². The number of benzene rings is 1. The Morgan fingerprint density at radius 2 is 2.00 bits per heavy atom. The molecule has 3 heterocycles. The third-order valence-corrected chi connectivity index (χ3v) is 7.27. The minimum absolute atomic E-state index is 0.0105. The molecule has 0 spiro atoms. The predicted octanol–water partition coefficient (Wildman–Crippen LogP) is 4.10. The summed E-state index contributed by atoms with van der Waals surface area (Å²) in [4.78, 5) is 22.7. The first kappa shape index (κ1) is 21.2. The van der Waals surface area contributed by atoms with E-state index in [0.29, 0.717) is 6.54 Å². The Morgan fingerprint density at radius 1 is 1.22 bits per heavy atom.